The van der Waals surface area contributed by atoms with E-state index in [4.69, 9.17) is 11.6 Å². The molecule has 1 N–H and O–H groups in total. The van der Waals surface area contributed by atoms with Gasteiger partial charge in [0.25, 0.3) is 5.91 Å². The van der Waals surface area contributed by atoms with Crippen molar-refractivity contribution in [1.29, 1.82) is 0 Å². The average Bonchev–Trinajstić information content (AvgIpc) is 3.25. The van der Waals surface area contributed by atoms with Gasteiger partial charge >= 0.3 is 0 Å². The average molecular weight is 445 g/mol. The topological polar surface area (TPSA) is 48.5 Å². The van der Waals surface area contributed by atoms with Crippen molar-refractivity contribution in [3.8, 4) is 0 Å². The number of carbonyl (C=O) groups is 1. The summed E-state index contributed by atoms with van der Waals surface area (Å²) in [5.41, 5.74) is 2.41. The minimum atomic E-state index is -0.294. The number of hydrogen-bond acceptors (Lipinski definition) is 5. The third-order valence-electron chi connectivity index (χ3n) is 5.18. The van der Waals surface area contributed by atoms with E-state index in [9.17, 15) is 9.18 Å². The maximum Gasteiger partial charge on any atom is 0.271 e. The van der Waals surface area contributed by atoms with E-state index in [1.165, 1.54) is 23.5 Å². The Balaban J connectivity index is 1.34. The van der Waals surface area contributed by atoms with Crippen LogP contribution < -0.4 is 15.1 Å². The van der Waals surface area contributed by atoms with Crippen LogP contribution in [-0.4, -0.2) is 37.1 Å². The van der Waals surface area contributed by atoms with E-state index in [0.717, 1.165) is 47.6 Å². The lowest BCUT2D eigenvalue weighted by molar-refractivity contribution is 0.0935. The van der Waals surface area contributed by atoms with Crippen molar-refractivity contribution in [1.82, 2.24) is 10.3 Å². The molecule has 0 bridgehead atoms. The minimum absolute atomic E-state index is 0.228. The Morgan fingerprint density at radius 3 is 2.37 bits per heavy atom. The molecule has 1 fully saturated rings. The molecule has 1 aliphatic rings. The van der Waals surface area contributed by atoms with Crippen LogP contribution in [0.5, 0.6) is 0 Å². The molecule has 1 aromatic heterocycles. The number of benzene rings is 2. The molecule has 0 spiro atoms. The number of carbonyl (C=O) groups excluding carboxylic acids is 1. The zero-order valence-corrected chi connectivity index (χ0v) is 18.1. The Morgan fingerprint density at radius 2 is 1.70 bits per heavy atom. The quantitative estimate of drug-likeness (QED) is 0.616. The first-order valence-electron chi connectivity index (χ1n) is 9.77. The van der Waals surface area contributed by atoms with Crippen LogP contribution in [0.3, 0.4) is 0 Å². The van der Waals surface area contributed by atoms with Gasteiger partial charge in [0.05, 0.1) is 6.04 Å². The highest BCUT2D eigenvalue weighted by atomic mass is 35.5. The fourth-order valence-electron chi connectivity index (χ4n) is 3.43. The molecule has 0 unspecified atom stereocenters. The predicted molar refractivity (Wildman–Crippen MR) is 120 cm³/mol. The lowest BCUT2D eigenvalue weighted by atomic mass is 10.1. The molecule has 0 radical (unpaired) electrons. The van der Waals surface area contributed by atoms with Gasteiger partial charge in [0, 0.05) is 42.3 Å². The van der Waals surface area contributed by atoms with Crippen molar-refractivity contribution in [2.45, 2.75) is 13.0 Å². The van der Waals surface area contributed by atoms with Gasteiger partial charge in [-0.3, -0.25) is 4.79 Å². The monoisotopic (exact) mass is 444 g/mol. The smallest absolute Gasteiger partial charge is 0.271 e. The maximum atomic E-state index is 13.1. The van der Waals surface area contributed by atoms with Gasteiger partial charge in [-0.2, -0.15) is 0 Å². The second-order valence-corrected chi connectivity index (χ2v) is 8.49. The molecule has 0 saturated carbocycles. The van der Waals surface area contributed by atoms with Crippen LogP contribution in [0.25, 0.3) is 0 Å². The summed E-state index contributed by atoms with van der Waals surface area (Å²) >= 11 is 7.45. The van der Waals surface area contributed by atoms with Gasteiger partial charge in [-0.05, 0) is 48.9 Å². The number of anilines is 2. The van der Waals surface area contributed by atoms with Crippen molar-refractivity contribution in [3.05, 3.63) is 76.0 Å². The lowest BCUT2D eigenvalue weighted by Gasteiger charge is -2.36. The number of nitrogens with one attached hydrogen (secondary N) is 1. The summed E-state index contributed by atoms with van der Waals surface area (Å²) in [6, 6.07) is 13.8. The Labute approximate surface area is 184 Å². The summed E-state index contributed by atoms with van der Waals surface area (Å²) in [7, 11) is 0. The number of thiazole rings is 1. The molecule has 8 heteroatoms. The molecule has 2 heterocycles. The summed E-state index contributed by atoms with van der Waals surface area (Å²) in [5.74, 6) is -0.522. The first-order valence-corrected chi connectivity index (χ1v) is 11.0. The highest BCUT2D eigenvalue weighted by Crippen LogP contribution is 2.25. The summed E-state index contributed by atoms with van der Waals surface area (Å²) in [6.45, 7) is 5.30. The van der Waals surface area contributed by atoms with E-state index in [1.54, 1.807) is 17.5 Å². The van der Waals surface area contributed by atoms with Crippen molar-refractivity contribution in [2.75, 3.05) is 36.0 Å². The van der Waals surface area contributed by atoms with Crippen molar-refractivity contribution >= 4 is 39.7 Å². The Morgan fingerprint density at radius 1 is 1.07 bits per heavy atom. The van der Waals surface area contributed by atoms with Gasteiger partial charge in [0.15, 0.2) is 5.13 Å². The molecule has 4 rings (SSSR count). The molecule has 2 aromatic carbocycles. The number of rotatable bonds is 5. The van der Waals surface area contributed by atoms with Crippen LogP contribution in [0, 0.1) is 5.82 Å². The highest BCUT2D eigenvalue weighted by molar-refractivity contribution is 7.13. The predicted octanol–water partition coefficient (Wildman–Crippen LogP) is 4.75. The van der Waals surface area contributed by atoms with Gasteiger partial charge < -0.3 is 15.1 Å². The zero-order valence-electron chi connectivity index (χ0n) is 16.5. The largest absolute Gasteiger partial charge is 0.368 e. The molecular formula is C22H22ClFN4OS. The minimum Gasteiger partial charge on any atom is -0.368 e. The number of nitrogens with zero attached hydrogens (tertiary/aromatic N) is 3. The SMILES string of the molecule is C[C@@H](NC(=O)c1csc(N2CCN(c3ccc(Cl)cc3)CC2)n1)c1ccc(F)cc1. The van der Waals surface area contributed by atoms with E-state index >= 15 is 0 Å². The van der Waals surface area contributed by atoms with Gasteiger partial charge in [-0.25, -0.2) is 9.37 Å². The van der Waals surface area contributed by atoms with E-state index in [0.29, 0.717) is 5.69 Å². The molecule has 30 heavy (non-hydrogen) atoms. The molecular weight excluding hydrogens is 423 g/mol. The molecule has 5 nitrogen and oxygen atoms in total. The van der Waals surface area contributed by atoms with Gasteiger partial charge in [-0.1, -0.05) is 23.7 Å². The fraction of sp³-hybridized carbons (Fsp3) is 0.273. The normalized spacial score (nSPS) is 15.2. The molecule has 1 aliphatic heterocycles. The fourth-order valence-corrected chi connectivity index (χ4v) is 4.41. The summed E-state index contributed by atoms with van der Waals surface area (Å²) < 4.78 is 13.1. The van der Waals surface area contributed by atoms with Crippen LogP contribution >= 0.6 is 22.9 Å². The summed E-state index contributed by atoms with van der Waals surface area (Å²) in [4.78, 5) is 21.6. The summed E-state index contributed by atoms with van der Waals surface area (Å²) in [5, 5.41) is 6.30. The van der Waals surface area contributed by atoms with Gasteiger partial charge in [-0.15, -0.1) is 11.3 Å². The molecule has 3 aromatic rings. The van der Waals surface area contributed by atoms with E-state index in [2.05, 4.69) is 20.1 Å². The first kappa shape index (κ1) is 20.6. The Hall–Kier alpha value is -2.64. The molecule has 1 amide bonds. The third-order valence-corrected chi connectivity index (χ3v) is 6.34. The van der Waals surface area contributed by atoms with Crippen LogP contribution in [0.4, 0.5) is 15.2 Å². The van der Waals surface area contributed by atoms with E-state index < -0.39 is 0 Å². The first-order chi connectivity index (χ1) is 14.5. The second kappa shape index (κ2) is 9.02. The van der Waals surface area contributed by atoms with Crippen LogP contribution in [0.1, 0.15) is 29.0 Å². The number of aromatic nitrogens is 1. The van der Waals surface area contributed by atoms with Gasteiger partial charge in [0.2, 0.25) is 0 Å². The van der Waals surface area contributed by atoms with Crippen molar-refractivity contribution in [2.24, 2.45) is 0 Å². The Kier molecular flexibility index (Phi) is 6.20. The third kappa shape index (κ3) is 4.74. The van der Waals surface area contributed by atoms with Crippen LogP contribution in [0.2, 0.25) is 5.02 Å². The highest BCUT2D eigenvalue weighted by Gasteiger charge is 2.21. The molecule has 0 aliphatic carbocycles. The lowest BCUT2D eigenvalue weighted by Crippen LogP contribution is -2.46. The zero-order chi connectivity index (χ0) is 21.1. The standard InChI is InChI=1S/C22H22ClFN4OS/c1-15(16-2-6-18(24)7-3-16)25-21(29)20-14-30-22(26-20)28-12-10-27(11-13-28)19-8-4-17(23)5-9-19/h2-9,14-15H,10-13H2,1H3,(H,25,29)/t15-/m1/s1. The van der Waals surface area contributed by atoms with E-state index in [1.807, 2.05) is 31.2 Å². The summed E-state index contributed by atoms with van der Waals surface area (Å²) in [6.07, 6.45) is 0. The van der Waals surface area contributed by atoms with Gasteiger partial charge in [0.1, 0.15) is 11.5 Å². The number of hydrogen-bond donors (Lipinski definition) is 1. The number of amides is 1. The number of piperazine rings is 1. The van der Waals surface area contributed by atoms with Crippen LogP contribution in [-0.2, 0) is 0 Å². The second-order valence-electron chi connectivity index (χ2n) is 7.21. The molecule has 1 atom stereocenters. The molecule has 1 saturated heterocycles. The van der Waals surface area contributed by atoms with Crippen molar-refractivity contribution in [3.63, 3.8) is 0 Å². The van der Waals surface area contributed by atoms with E-state index in [-0.39, 0.29) is 17.8 Å². The molecule has 156 valence electrons. The maximum absolute atomic E-state index is 13.1. The van der Waals surface area contributed by atoms with Crippen LogP contribution in [0.15, 0.2) is 53.9 Å². The number of halogens is 2. The Bertz CT molecular complexity index is 1000. The van der Waals surface area contributed by atoms with Crippen molar-refractivity contribution < 1.29 is 9.18 Å².